The Morgan fingerprint density at radius 2 is 1.78 bits per heavy atom. The van der Waals surface area contributed by atoms with Gasteiger partial charge >= 0.3 is 0 Å². The molecule has 1 aliphatic rings. The number of rotatable bonds is 1. The topological polar surface area (TPSA) is 40.5 Å². The van der Waals surface area contributed by atoms with Crippen LogP contribution in [-0.4, -0.2) is 32.1 Å². The zero-order chi connectivity index (χ0) is 7.28. The summed E-state index contributed by atoms with van der Waals surface area (Å²) in [7, 11) is 0. The second-order valence-electron chi connectivity index (χ2n) is 2.07. The quantitative estimate of drug-likeness (QED) is 0.593. The maximum atomic E-state index is 9.09. The zero-order valence-corrected chi connectivity index (χ0v) is 6.58. The number of hydrogen-bond donors (Lipinski definition) is 2. The summed E-state index contributed by atoms with van der Waals surface area (Å²) in [4.78, 5) is 0. The normalized spacial score (nSPS) is 47.0. The van der Waals surface area contributed by atoms with Gasteiger partial charge in [-0.15, -0.1) is 11.6 Å². The lowest BCUT2D eigenvalue weighted by Gasteiger charge is -2.03. The van der Waals surface area contributed by atoms with Crippen molar-refractivity contribution in [3.05, 3.63) is 0 Å². The fourth-order valence-corrected chi connectivity index (χ4v) is 1.65. The summed E-state index contributed by atoms with van der Waals surface area (Å²) < 4.78 is -1.37. The minimum Gasteiger partial charge on any atom is -0.393 e. The lowest BCUT2D eigenvalue weighted by molar-refractivity contribution is 0.0724. The van der Waals surface area contributed by atoms with Crippen LogP contribution >= 0.6 is 34.8 Å². The van der Waals surface area contributed by atoms with E-state index < -0.39 is 21.9 Å². The highest BCUT2D eigenvalue weighted by molar-refractivity contribution is 6.58. The first-order chi connectivity index (χ1) is 3.97. The highest BCUT2D eigenvalue weighted by Gasteiger charge is 2.75. The van der Waals surface area contributed by atoms with Crippen LogP contribution in [0.4, 0.5) is 0 Å². The van der Waals surface area contributed by atoms with Crippen molar-refractivity contribution in [1.29, 1.82) is 0 Å². The minimum absolute atomic E-state index is 0.506. The molecule has 2 unspecified atom stereocenters. The third-order valence-electron chi connectivity index (χ3n) is 1.47. The predicted octanol–water partition coefficient (Wildman–Crippen LogP) is 0.505. The first kappa shape index (κ1) is 7.89. The van der Waals surface area contributed by atoms with Crippen molar-refractivity contribution in [3.8, 4) is 0 Å². The van der Waals surface area contributed by atoms with E-state index in [0.29, 0.717) is 0 Å². The Hall–Kier alpha value is 0.790. The van der Waals surface area contributed by atoms with Gasteiger partial charge in [-0.3, -0.25) is 0 Å². The number of alkyl halides is 3. The fourth-order valence-electron chi connectivity index (χ4n) is 0.585. The van der Waals surface area contributed by atoms with Crippen molar-refractivity contribution in [2.24, 2.45) is 0 Å². The lowest BCUT2D eigenvalue weighted by Crippen LogP contribution is -2.21. The van der Waals surface area contributed by atoms with Crippen LogP contribution in [0.25, 0.3) is 0 Å². The molecule has 9 heavy (non-hydrogen) atoms. The molecule has 0 bridgehead atoms. The van der Waals surface area contributed by atoms with Gasteiger partial charge in [0.25, 0.3) is 0 Å². The van der Waals surface area contributed by atoms with Crippen LogP contribution in [-0.2, 0) is 0 Å². The maximum Gasteiger partial charge on any atom is 0.169 e. The van der Waals surface area contributed by atoms with E-state index in [9.17, 15) is 0 Å². The Balaban J connectivity index is 2.70. The molecule has 0 spiro atoms. The van der Waals surface area contributed by atoms with Gasteiger partial charge in [0.1, 0.15) is 11.0 Å². The summed E-state index contributed by atoms with van der Waals surface area (Å²) in [5.74, 6) is 0. The average molecular weight is 191 g/mol. The fraction of sp³-hybridized carbons (Fsp3) is 1.00. The van der Waals surface area contributed by atoms with Gasteiger partial charge in [-0.2, -0.15) is 0 Å². The monoisotopic (exact) mass is 190 g/mol. The molecule has 0 saturated heterocycles. The largest absolute Gasteiger partial charge is 0.393 e. The second kappa shape index (κ2) is 1.89. The third kappa shape index (κ3) is 0.780. The first-order valence-corrected chi connectivity index (χ1v) is 3.51. The van der Waals surface area contributed by atoms with Crippen LogP contribution in [0, 0.1) is 0 Å². The Morgan fingerprint density at radius 1 is 1.44 bits per heavy atom. The van der Waals surface area contributed by atoms with E-state index in [1.807, 2.05) is 0 Å². The molecule has 0 aliphatic heterocycles. The summed E-state index contributed by atoms with van der Waals surface area (Å²) in [6.45, 7) is -0.506. The molecule has 54 valence electrons. The van der Waals surface area contributed by atoms with E-state index in [0.717, 1.165) is 0 Å². The van der Waals surface area contributed by atoms with Gasteiger partial charge in [-0.05, 0) is 0 Å². The third-order valence-corrected chi connectivity index (χ3v) is 3.48. The summed E-state index contributed by atoms with van der Waals surface area (Å²) in [5.41, 5.74) is -1.50. The van der Waals surface area contributed by atoms with Crippen molar-refractivity contribution in [2.45, 2.75) is 15.3 Å². The van der Waals surface area contributed by atoms with E-state index in [4.69, 9.17) is 45.0 Å². The summed E-state index contributed by atoms with van der Waals surface area (Å²) in [6.07, 6.45) is 0. The van der Waals surface area contributed by atoms with Gasteiger partial charge in [0.2, 0.25) is 0 Å². The molecule has 0 heterocycles. The molecule has 1 fully saturated rings. The van der Waals surface area contributed by atoms with Gasteiger partial charge < -0.3 is 10.2 Å². The van der Waals surface area contributed by atoms with Crippen molar-refractivity contribution in [2.75, 3.05) is 6.61 Å². The standard InChI is InChI=1S/C4H5Cl3O2/c5-2-3(9,1-8)4(2,6)7/h2,8-9H,1H2. The molecule has 1 rings (SSSR count). The van der Waals surface area contributed by atoms with Gasteiger partial charge in [0.05, 0.1) is 6.61 Å². The molecule has 0 amide bonds. The van der Waals surface area contributed by atoms with Crippen LogP contribution in [0.15, 0.2) is 0 Å². The van der Waals surface area contributed by atoms with E-state index in [2.05, 4.69) is 0 Å². The molecule has 2 atom stereocenters. The summed E-state index contributed by atoms with van der Waals surface area (Å²) in [6, 6.07) is 0. The molecule has 2 N–H and O–H groups in total. The number of aliphatic hydroxyl groups is 2. The molecular formula is C4H5Cl3O2. The van der Waals surface area contributed by atoms with Crippen molar-refractivity contribution >= 4 is 34.8 Å². The summed E-state index contributed by atoms with van der Waals surface area (Å²) in [5, 5.41) is 16.8. The highest BCUT2D eigenvalue weighted by atomic mass is 35.5. The number of aliphatic hydroxyl groups excluding tert-OH is 1. The molecule has 2 nitrogen and oxygen atoms in total. The second-order valence-corrected chi connectivity index (χ2v) is 3.89. The first-order valence-electron chi connectivity index (χ1n) is 2.32. The van der Waals surface area contributed by atoms with Crippen LogP contribution in [0.2, 0.25) is 0 Å². The van der Waals surface area contributed by atoms with Crippen molar-refractivity contribution < 1.29 is 10.2 Å². The van der Waals surface area contributed by atoms with Crippen LogP contribution in [0.3, 0.4) is 0 Å². The van der Waals surface area contributed by atoms with E-state index in [1.165, 1.54) is 0 Å². The van der Waals surface area contributed by atoms with Gasteiger partial charge in [-0.25, -0.2) is 0 Å². The highest BCUT2D eigenvalue weighted by Crippen LogP contribution is 2.59. The molecule has 0 aromatic rings. The molecule has 1 aliphatic carbocycles. The Morgan fingerprint density at radius 3 is 1.78 bits per heavy atom. The molecule has 5 heteroatoms. The van der Waals surface area contributed by atoms with Crippen molar-refractivity contribution in [3.63, 3.8) is 0 Å². The van der Waals surface area contributed by atoms with Gasteiger partial charge in [-0.1, -0.05) is 23.2 Å². The van der Waals surface area contributed by atoms with E-state index >= 15 is 0 Å². The number of halogens is 3. The van der Waals surface area contributed by atoms with E-state index in [-0.39, 0.29) is 0 Å². The van der Waals surface area contributed by atoms with Gasteiger partial charge in [0.15, 0.2) is 4.33 Å². The number of hydrogen-bond acceptors (Lipinski definition) is 2. The smallest absolute Gasteiger partial charge is 0.169 e. The molecule has 0 aromatic heterocycles. The lowest BCUT2D eigenvalue weighted by atomic mass is 10.4. The molecule has 1 saturated carbocycles. The molecular weight excluding hydrogens is 186 g/mol. The minimum atomic E-state index is -1.50. The SMILES string of the molecule is OCC1(O)C(Cl)C1(Cl)Cl. The van der Waals surface area contributed by atoms with Crippen LogP contribution in [0.1, 0.15) is 0 Å². The van der Waals surface area contributed by atoms with Crippen molar-refractivity contribution in [1.82, 2.24) is 0 Å². The average Bonchev–Trinajstić information content (AvgIpc) is 2.16. The Bertz CT molecular complexity index is 138. The zero-order valence-electron chi connectivity index (χ0n) is 4.31. The predicted molar refractivity (Wildman–Crippen MR) is 36.1 cm³/mol. The summed E-state index contributed by atoms with van der Waals surface area (Å²) >= 11 is 16.3. The van der Waals surface area contributed by atoms with Gasteiger partial charge in [0, 0.05) is 0 Å². The maximum absolute atomic E-state index is 9.09. The Labute approximate surface area is 67.3 Å². The van der Waals surface area contributed by atoms with E-state index in [1.54, 1.807) is 0 Å². The molecule has 0 aromatic carbocycles. The molecule has 0 radical (unpaired) electrons. The Kier molecular flexibility index (Phi) is 1.66. The van der Waals surface area contributed by atoms with Crippen LogP contribution in [0.5, 0.6) is 0 Å². The van der Waals surface area contributed by atoms with Crippen LogP contribution < -0.4 is 0 Å².